The Kier molecular flexibility index (Phi) is 8.69. The van der Waals surface area contributed by atoms with Crippen molar-refractivity contribution >= 4 is 17.1 Å². The van der Waals surface area contributed by atoms with Crippen molar-refractivity contribution in [1.82, 2.24) is 0 Å². The summed E-state index contributed by atoms with van der Waals surface area (Å²) >= 11 is 0. The van der Waals surface area contributed by atoms with Crippen LogP contribution in [0.3, 0.4) is 0 Å². The standard InChI is InChI=1S/C20H30N5O.ClH/c1-15-12-17(22)7-8-18(15)23-24-19-13-16(6-9-20(19)26-4)14-25(2,3)11-5-10-21;/h6-9,12-13H,5,10-11,14,21-22H2,1-4H3;1H/q+1;/p-1. The van der Waals surface area contributed by atoms with Gasteiger partial charge in [-0.1, -0.05) is 0 Å². The van der Waals surface area contributed by atoms with E-state index in [0.29, 0.717) is 12.3 Å². The second-order valence-electron chi connectivity index (χ2n) is 7.21. The number of azo groups is 1. The van der Waals surface area contributed by atoms with Crippen LogP contribution in [0.4, 0.5) is 17.1 Å². The highest BCUT2D eigenvalue weighted by molar-refractivity contribution is 5.56. The minimum Gasteiger partial charge on any atom is -1.00 e. The fraction of sp³-hybridized carbons (Fsp3) is 0.400. The van der Waals surface area contributed by atoms with Crippen LogP contribution in [-0.2, 0) is 6.54 Å². The predicted octanol–water partition coefficient (Wildman–Crippen LogP) is 0.930. The van der Waals surface area contributed by atoms with E-state index in [1.165, 1.54) is 5.56 Å². The van der Waals surface area contributed by atoms with Crippen molar-refractivity contribution in [2.45, 2.75) is 19.9 Å². The van der Waals surface area contributed by atoms with E-state index in [9.17, 15) is 0 Å². The number of rotatable bonds is 8. The second-order valence-corrected chi connectivity index (χ2v) is 7.21. The van der Waals surface area contributed by atoms with Gasteiger partial charge in [0.15, 0.2) is 0 Å². The molecule has 0 fully saturated rings. The Morgan fingerprint density at radius 1 is 1.04 bits per heavy atom. The number of halogens is 1. The van der Waals surface area contributed by atoms with Gasteiger partial charge in [0.1, 0.15) is 18.0 Å². The maximum Gasteiger partial charge on any atom is 0.146 e. The van der Waals surface area contributed by atoms with E-state index in [-0.39, 0.29) is 12.4 Å². The Balaban J connectivity index is 0.00000364. The molecule has 6 nitrogen and oxygen atoms in total. The lowest BCUT2D eigenvalue weighted by Gasteiger charge is -2.30. The number of hydrogen-bond donors (Lipinski definition) is 2. The van der Waals surface area contributed by atoms with Gasteiger partial charge in [0.05, 0.1) is 33.4 Å². The summed E-state index contributed by atoms with van der Waals surface area (Å²) in [7, 11) is 6.06. The average molecular weight is 392 g/mol. The van der Waals surface area contributed by atoms with Gasteiger partial charge in [-0.2, -0.15) is 5.11 Å². The van der Waals surface area contributed by atoms with Crippen molar-refractivity contribution in [3.8, 4) is 5.75 Å². The van der Waals surface area contributed by atoms with Gasteiger partial charge in [0, 0.05) is 17.7 Å². The van der Waals surface area contributed by atoms with Crippen molar-refractivity contribution < 1.29 is 21.6 Å². The first-order valence-corrected chi connectivity index (χ1v) is 8.81. The van der Waals surface area contributed by atoms with E-state index < -0.39 is 0 Å². The number of quaternary nitrogens is 1. The molecular formula is C20H30ClN5O. The minimum atomic E-state index is 0. The van der Waals surface area contributed by atoms with Gasteiger partial charge in [0.2, 0.25) is 0 Å². The van der Waals surface area contributed by atoms with Gasteiger partial charge < -0.3 is 33.1 Å². The van der Waals surface area contributed by atoms with E-state index in [0.717, 1.165) is 46.6 Å². The van der Waals surface area contributed by atoms with Gasteiger partial charge in [-0.25, -0.2) is 0 Å². The lowest BCUT2D eigenvalue weighted by atomic mass is 10.1. The highest BCUT2D eigenvalue weighted by Gasteiger charge is 2.16. The molecule has 27 heavy (non-hydrogen) atoms. The summed E-state index contributed by atoms with van der Waals surface area (Å²) in [5.74, 6) is 0.706. The molecule has 148 valence electrons. The fourth-order valence-corrected chi connectivity index (χ4v) is 2.90. The van der Waals surface area contributed by atoms with Crippen LogP contribution in [0.1, 0.15) is 17.5 Å². The quantitative estimate of drug-likeness (QED) is 0.398. The Labute approximate surface area is 168 Å². The summed E-state index contributed by atoms with van der Waals surface area (Å²) in [6.45, 7) is 4.61. The van der Waals surface area contributed by atoms with Gasteiger partial charge in [-0.15, -0.1) is 5.11 Å². The normalized spacial score (nSPS) is 11.4. The minimum absolute atomic E-state index is 0. The summed E-state index contributed by atoms with van der Waals surface area (Å²) < 4.78 is 6.31. The van der Waals surface area contributed by atoms with Crippen molar-refractivity contribution in [1.29, 1.82) is 0 Å². The van der Waals surface area contributed by atoms with Crippen molar-refractivity contribution in [3.63, 3.8) is 0 Å². The summed E-state index contributed by atoms with van der Waals surface area (Å²) in [5, 5.41) is 8.80. The fourth-order valence-electron chi connectivity index (χ4n) is 2.90. The van der Waals surface area contributed by atoms with Crippen molar-refractivity contribution in [2.75, 3.05) is 40.0 Å². The van der Waals surface area contributed by atoms with Crippen LogP contribution < -0.4 is 28.6 Å². The molecule has 0 radical (unpaired) electrons. The number of nitrogens with two attached hydrogens (primary N) is 2. The Hall–Kier alpha value is -2.15. The van der Waals surface area contributed by atoms with E-state index in [4.69, 9.17) is 16.2 Å². The van der Waals surface area contributed by atoms with E-state index in [1.54, 1.807) is 7.11 Å². The first kappa shape index (κ1) is 22.9. The number of nitrogens with zero attached hydrogens (tertiary/aromatic N) is 3. The zero-order chi connectivity index (χ0) is 19.2. The number of ether oxygens (including phenoxy) is 1. The third-order valence-corrected chi connectivity index (χ3v) is 4.31. The number of anilines is 1. The molecule has 0 unspecified atom stereocenters. The Morgan fingerprint density at radius 2 is 1.74 bits per heavy atom. The highest BCUT2D eigenvalue weighted by Crippen LogP contribution is 2.32. The maximum absolute atomic E-state index is 5.79. The molecule has 4 N–H and O–H groups in total. The Morgan fingerprint density at radius 3 is 2.37 bits per heavy atom. The molecule has 0 atom stereocenters. The molecule has 7 heteroatoms. The molecule has 2 aromatic carbocycles. The molecule has 0 aliphatic rings. The van der Waals surface area contributed by atoms with Gasteiger partial charge in [0.25, 0.3) is 0 Å². The van der Waals surface area contributed by atoms with E-state index in [1.807, 2.05) is 37.3 Å². The van der Waals surface area contributed by atoms with E-state index in [2.05, 4.69) is 30.4 Å². The molecule has 0 heterocycles. The summed E-state index contributed by atoms with van der Waals surface area (Å²) in [5.41, 5.74) is 15.9. The summed E-state index contributed by atoms with van der Waals surface area (Å²) in [4.78, 5) is 0. The Bertz CT molecular complexity index is 777. The van der Waals surface area contributed by atoms with Crippen LogP contribution in [0, 0.1) is 6.92 Å². The van der Waals surface area contributed by atoms with Crippen molar-refractivity contribution in [2.24, 2.45) is 16.0 Å². The predicted molar refractivity (Wildman–Crippen MR) is 107 cm³/mol. The monoisotopic (exact) mass is 391 g/mol. The summed E-state index contributed by atoms with van der Waals surface area (Å²) in [6.07, 6.45) is 1.01. The largest absolute Gasteiger partial charge is 1.00 e. The molecular weight excluding hydrogens is 362 g/mol. The highest BCUT2D eigenvalue weighted by atomic mass is 35.5. The average Bonchev–Trinajstić information content (AvgIpc) is 2.59. The zero-order valence-electron chi connectivity index (χ0n) is 16.6. The SMILES string of the molecule is COc1ccc(C[N+](C)(C)CCCN)cc1N=Nc1ccc(N)cc1C.[Cl-]. The lowest BCUT2D eigenvalue weighted by Crippen LogP contribution is -3.00. The van der Waals surface area contributed by atoms with Crippen LogP contribution in [-0.4, -0.2) is 38.8 Å². The van der Waals surface area contributed by atoms with Crippen LogP contribution in [0.25, 0.3) is 0 Å². The van der Waals surface area contributed by atoms with Crippen LogP contribution >= 0.6 is 0 Å². The van der Waals surface area contributed by atoms with E-state index >= 15 is 0 Å². The molecule has 0 saturated heterocycles. The van der Waals surface area contributed by atoms with Gasteiger partial charge in [-0.3, -0.25) is 0 Å². The molecule has 0 spiro atoms. The smallest absolute Gasteiger partial charge is 0.146 e. The van der Waals surface area contributed by atoms with Crippen LogP contribution in [0.2, 0.25) is 0 Å². The van der Waals surface area contributed by atoms with Crippen LogP contribution in [0.15, 0.2) is 46.6 Å². The number of hydrogen-bond acceptors (Lipinski definition) is 5. The zero-order valence-corrected chi connectivity index (χ0v) is 17.3. The number of methoxy groups -OCH3 is 1. The third-order valence-electron chi connectivity index (χ3n) is 4.31. The first-order chi connectivity index (χ1) is 12.3. The molecule has 0 aliphatic heterocycles. The van der Waals surface area contributed by atoms with Gasteiger partial charge in [-0.05, 0) is 55.4 Å². The number of benzene rings is 2. The van der Waals surface area contributed by atoms with Crippen molar-refractivity contribution in [3.05, 3.63) is 47.5 Å². The number of aryl methyl sites for hydroxylation is 1. The van der Waals surface area contributed by atoms with Gasteiger partial charge >= 0.3 is 0 Å². The lowest BCUT2D eigenvalue weighted by molar-refractivity contribution is -0.903. The topological polar surface area (TPSA) is 86.0 Å². The first-order valence-electron chi connectivity index (χ1n) is 8.81. The number of nitrogen functional groups attached to an aromatic ring is 1. The third kappa shape index (κ3) is 6.82. The summed E-state index contributed by atoms with van der Waals surface area (Å²) in [6, 6.07) is 11.7. The molecule has 0 saturated carbocycles. The maximum atomic E-state index is 5.79. The molecule has 0 amide bonds. The molecule has 0 aromatic heterocycles. The molecule has 0 aliphatic carbocycles. The second kappa shape index (κ2) is 10.3. The molecule has 2 aromatic rings. The molecule has 0 bridgehead atoms. The van der Waals surface area contributed by atoms with Crippen LogP contribution in [0.5, 0.6) is 5.75 Å². The molecule has 2 rings (SSSR count).